The lowest BCUT2D eigenvalue weighted by molar-refractivity contribution is 0.0397. The summed E-state index contributed by atoms with van der Waals surface area (Å²) in [6.07, 6.45) is 3.63. The molecule has 0 amide bonds. The number of aryl methyl sites for hydroxylation is 2. The quantitative estimate of drug-likeness (QED) is 0.395. The van der Waals surface area contributed by atoms with Crippen molar-refractivity contribution in [3.8, 4) is 0 Å². The van der Waals surface area contributed by atoms with Crippen LogP contribution in [0.2, 0.25) is 0 Å². The highest BCUT2D eigenvalue weighted by Crippen LogP contribution is 2.20. The van der Waals surface area contributed by atoms with Crippen LogP contribution < -0.4 is 0 Å². The second-order valence-electron chi connectivity index (χ2n) is 8.55. The van der Waals surface area contributed by atoms with Crippen molar-refractivity contribution in [2.24, 2.45) is 11.8 Å². The van der Waals surface area contributed by atoms with Crippen molar-refractivity contribution in [3.05, 3.63) is 69.8 Å². The van der Waals surface area contributed by atoms with Crippen molar-refractivity contribution in [2.45, 2.75) is 67.2 Å². The Balaban J connectivity index is 2.17. The third kappa shape index (κ3) is 6.28. The van der Waals surface area contributed by atoms with Gasteiger partial charge in [0.25, 0.3) is 0 Å². The zero-order valence-corrected chi connectivity index (χ0v) is 18.7. The number of ether oxygens (including phenoxy) is 1. The Morgan fingerprint density at radius 2 is 1.07 bits per heavy atom. The Morgan fingerprint density at radius 1 is 0.690 bits per heavy atom. The molecular formula is C26H34O3. The van der Waals surface area contributed by atoms with E-state index in [1.165, 1.54) is 11.1 Å². The zero-order chi connectivity index (χ0) is 21.6. The molecule has 156 valence electrons. The number of benzene rings is 2. The van der Waals surface area contributed by atoms with E-state index in [-0.39, 0.29) is 0 Å². The number of esters is 2. The highest BCUT2D eigenvalue weighted by atomic mass is 16.6. The van der Waals surface area contributed by atoms with Crippen LogP contribution in [0, 0.1) is 11.8 Å². The van der Waals surface area contributed by atoms with Crippen LogP contribution in [-0.4, -0.2) is 11.9 Å². The Morgan fingerprint density at radius 3 is 1.38 bits per heavy atom. The highest BCUT2D eigenvalue weighted by Gasteiger charge is 2.18. The van der Waals surface area contributed by atoms with Crippen LogP contribution in [0.1, 0.15) is 84.5 Å². The molecule has 3 nitrogen and oxygen atoms in total. The second kappa shape index (κ2) is 10.4. The summed E-state index contributed by atoms with van der Waals surface area (Å²) >= 11 is 0. The van der Waals surface area contributed by atoms with Gasteiger partial charge in [-0.15, -0.1) is 0 Å². The van der Waals surface area contributed by atoms with Crippen LogP contribution in [-0.2, 0) is 30.4 Å². The summed E-state index contributed by atoms with van der Waals surface area (Å²) in [5.41, 5.74) is 5.61. The van der Waals surface area contributed by atoms with Gasteiger partial charge in [-0.1, -0.05) is 53.7 Å². The van der Waals surface area contributed by atoms with Gasteiger partial charge in [0.05, 0.1) is 11.1 Å². The molecule has 0 fully saturated rings. The predicted octanol–water partition coefficient (Wildman–Crippen LogP) is 6.21. The number of hydrogen-bond acceptors (Lipinski definition) is 3. The van der Waals surface area contributed by atoms with E-state index in [1.807, 2.05) is 24.3 Å². The van der Waals surface area contributed by atoms with Crippen molar-refractivity contribution in [2.75, 3.05) is 0 Å². The molecule has 0 saturated carbocycles. The van der Waals surface area contributed by atoms with E-state index in [4.69, 9.17) is 4.74 Å². The number of hydrogen-bond donors (Lipinski definition) is 0. The van der Waals surface area contributed by atoms with E-state index in [0.717, 1.165) is 36.8 Å². The van der Waals surface area contributed by atoms with Gasteiger partial charge >= 0.3 is 11.9 Å². The van der Waals surface area contributed by atoms with Gasteiger partial charge in [-0.05, 0) is 84.0 Å². The lowest BCUT2D eigenvalue weighted by Gasteiger charge is -2.13. The van der Waals surface area contributed by atoms with E-state index in [2.05, 4.69) is 41.5 Å². The molecule has 0 aliphatic carbocycles. The van der Waals surface area contributed by atoms with Crippen molar-refractivity contribution < 1.29 is 14.3 Å². The first kappa shape index (κ1) is 22.9. The lowest BCUT2D eigenvalue weighted by Crippen LogP contribution is -2.14. The molecule has 0 spiro atoms. The van der Waals surface area contributed by atoms with Crippen LogP contribution in [0.3, 0.4) is 0 Å². The van der Waals surface area contributed by atoms with Crippen LogP contribution in [0.5, 0.6) is 0 Å². The standard InChI is InChI=1S/C26H34O3/c1-7-19-15-23(11-9-21(19)13-17(3)4)25(27)29-26(28)24-12-10-22(14-18(5)6)20(8-2)16-24/h9-12,15-18H,7-8,13-14H2,1-6H3. The summed E-state index contributed by atoms with van der Waals surface area (Å²) < 4.78 is 5.19. The van der Waals surface area contributed by atoms with Gasteiger partial charge in [-0.2, -0.15) is 0 Å². The molecule has 2 aromatic rings. The summed E-state index contributed by atoms with van der Waals surface area (Å²) in [4.78, 5) is 25.1. The summed E-state index contributed by atoms with van der Waals surface area (Å²) in [5.74, 6) is -0.0904. The van der Waals surface area contributed by atoms with E-state index in [9.17, 15) is 9.59 Å². The molecule has 2 rings (SSSR count). The van der Waals surface area contributed by atoms with Crippen molar-refractivity contribution in [1.82, 2.24) is 0 Å². The Bertz CT molecular complexity index is 791. The number of carbonyl (C=O) groups is 2. The summed E-state index contributed by atoms with van der Waals surface area (Å²) in [7, 11) is 0. The monoisotopic (exact) mass is 394 g/mol. The maximum atomic E-state index is 12.6. The van der Waals surface area contributed by atoms with Crippen LogP contribution in [0.25, 0.3) is 0 Å². The van der Waals surface area contributed by atoms with Crippen LogP contribution >= 0.6 is 0 Å². The molecule has 0 N–H and O–H groups in total. The fraction of sp³-hybridized carbons (Fsp3) is 0.462. The van der Waals surface area contributed by atoms with Gasteiger partial charge < -0.3 is 4.74 Å². The SMILES string of the molecule is CCc1cc(C(=O)OC(=O)c2ccc(CC(C)C)c(CC)c2)ccc1CC(C)C. The number of carbonyl (C=O) groups excluding carboxylic acids is 2. The van der Waals surface area contributed by atoms with Gasteiger partial charge in [0, 0.05) is 0 Å². The summed E-state index contributed by atoms with van der Waals surface area (Å²) in [5, 5.41) is 0. The minimum atomic E-state index is -0.592. The molecule has 0 saturated heterocycles. The van der Waals surface area contributed by atoms with Gasteiger partial charge in [0.15, 0.2) is 0 Å². The molecule has 0 radical (unpaired) electrons. The molecular weight excluding hydrogens is 360 g/mol. The normalized spacial score (nSPS) is 11.2. The van der Waals surface area contributed by atoms with E-state index in [0.29, 0.717) is 23.0 Å². The predicted molar refractivity (Wildman–Crippen MR) is 118 cm³/mol. The molecule has 0 aliphatic heterocycles. The first-order valence-corrected chi connectivity index (χ1v) is 10.7. The largest absolute Gasteiger partial charge is 0.386 e. The second-order valence-corrected chi connectivity index (χ2v) is 8.55. The molecule has 0 heterocycles. The van der Waals surface area contributed by atoms with Crippen LogP contribution in [0.4, 0.5) is 0 Å². The molecule has 29 heavy (non-hydrogen) atoms. The minimum Gasteiger partial charge on any atom is -0.386 e. The van der Waals surface area contributed by atoms with E-state index < -0.39 is 11.9 Å². The van der Waals surface area contributed by atoms with Crippen molar-refractivity contribution in [1.29, 1.82) is 0 Å². The molecule has 0 aromatic heterocycles. The lowest BCUT2D eigenvalue weighted by atomic mass is 9.94. The molecule has 3 heteroatoms. The first-order valence-electron chi connectivity index (χ1n) is 10.7. The van der Waals surface area contributed by atoms with Gasteiger partial charge in [-0.3, -0.25) is 0 Å². The third-order valence-corrected chi connectivity index (χ3v) is 5.09. The van der Waals surface area contributed by atoms with E-state index in [1.54, 1.807) is 12.1 Å². The topological polar surface area (TPSA) is 43.4 Å². The van der Waals surface area contributed by atoms with Crippen LogP contribution in [0.15, 0.2) is 36.4 Å². The zero-order valence-electron chi connectivity index (χ0n) is 18.7. The summed E-state index contributed by atoms with van der Waals surface area (Å²) in [6, 6.07) is 11.2. The van der Waals surface area contributed by atoms with Crippen molar-refractivity contribution >= 4 is 11.9 Å². The average Bonchev–Trinajstić information content (AvgIpc) is 2.67. The average molecular weight is 395 g/mol. The molecule has 0 atom stereocenters. The molecule has 2 aromatic carbocycles. The van der Waals surface area contributed by atoms with E-state index >= 15 is 0 Å². The molecule has 0 bridgehead atoms. The highest BCUT2D eigenvalue weighted by molar-refractivity contribution is 6.02. The first-order chi connectivity index (χ1) is 13.7. The fourth-order valence-electron chi connectivity index (χ4n) is 3.64. The Hall–Kier alpha value is -2.42. The Labute approximate surface area is 175 Å². The van der Waals surface area contributed by atoms with Crippen molar-refractivity contribution in [3.63, 3.8) is 0 Å². The smallest absolute Gasteiger partial charge is 0.346 e. The molecule has 0 aliphatic rings. The maximum absolute atomic E-state index is 12.6. The third-order valence-electron chi connectivity index (χ3n) is 5.09. The van der Waals surface area contributed by atoms with Gasteiger partial charge in [0.1, 0.15) is 0 Å². The maximum Gasteiger partial charge on any atom is 0.346 e. The van der Waals surface area contributed by atoms with Gasteiger partial charge in [0.2, 0.25) is 0 Å². The fourth-order valence-corrected chi connectivity index (χ4v) is 3.64. The molecule has 0 unspecified atom stereocenters. The summed E-state index contributed by atoms with van der Waals surface area (Å²) in [6.45, 7) is 12.9. The minimum absolute atomic E-state index is 0.426. The Kier molecular flexibility index (Phi) is 8.19. The van der Waals surface area contributed by atoms with Gasteiger partial charge in [-0.25, -0.2) is 9.59 Å². The number of rotatable bonds is 8.